The average molecular weight is 460 g/mol. The molecule has 5 rings (SSSR count). The van der Waals surface area contributed by atoms with Crippen LogP contribution in [-0.2, 0) is 4.79 Å². The molecule has 3 aromatic rings. The number of carbonyl (C=O) groups is 1. The van der Waals surface area contributed by atoms with Gasteiger partial charge in [-0.3, -0.25) is 14.9 Å². The Morgan fingerprint density at radius 3 is 2.42 bits per heavy atom. The van der Waals surface area contributed by atoms with Gasteiger partial charge >= 0.3 is 0 Å². The lowest BCUT2D eigenvalue weighted by Gasteiger charge is -2.32. The van der Waals surface area contributed by atoms with Crippen molar-refractivity contribution in [3.8, 4) is 0 Å². The van der Waals surface area contributed by atoms with Crippen LogP contribution in [0.5, 0.6) is 0 Å². The zero-order chi connectivity index (χ0) is 23.1. The topological polar surface area (TPSA) is 84.3 Å². The molecule has 1 aliphatic heterocycles. The summed E-state index contributed by atoms with van der Waals surface area (Å²) < 4.78 is 0. The second kappa shape index (κ2) is 8.37. The first-order valence-corrected chi connectivity index (χ1v) is 11.2. The number of ketones is 1. The summed E-state index contributed by atoms with van der Waals surface area (Å²) in [6, 6.07) is 20.1. The fraction of sp³-hybridized carbons (Fsp3) is 0.192. The van der Waals surface area contributed by atoms with E-state index in [9.17, 15) is 14.9 Å². The van der Waals surface area contributed by atoms with E-state index in [0.29, 0.717) is 22.6 Å². The maximum absolute atomic E-state index is 13.6. The molecule has 6 nitrogen and oxygen atoms in total. The van der Waals surface area contributed by atoms with Gasteiger partial charge in [0.25, 0.3) is 5.69 Å². The average Bonchev–Trinajstić information content (AvgIpc) is 2.96. The number of aryl methyl sites for hydroxylation is 1. The molecule has 0 amide bonds. The van der Waals surface area contributed by atoms with Crippen molar-refractivity contribution >= 4 is 34.4 Å². The maximum atomic E-state index is 13.6. The van der Waals surface area contributed by atoms with Gasteiger partial charge in [0.1, 0.15) is 5.78 Å². The summed E-state index contributed by atoms with van der Waals surface area (Å²) in [6.07, 6.45) is 2.45. The number of nitro groups is 1. The van der Waals surface area contributed by atoms with Gasteiger partial charge in [-0.1, -0.05) is 54.1 Å². The minimum Gasteiger partial charge on any atom is -0.375 e. The maximum Gasteiger partial charge on any atom is 0.272 e. The van der Waals surface area contributed by atoms with Crippen LogP contribution in [-0.4, -0.2) is 10.7 Å². The molecule has 0 fully saturated rings. The van der Waals surface area contributed by atoms with Crippen molar-refractivity contribution in [3.63, 3.8) is 0 Å². The van der Waals surface area contributed by atoms with Crippen LogP contribution in [0.25, 0.3) is 0 Å². The highest BCUT2D eigenvalue weighted by molar-refractivity contribution is 6.30. The molecule has 2 aliphatic rings. The number of Topliss-reactive ketones (excluding diaryl/α,β-unsaturated/α-hetero) is 1. The van der Waals surface area contributed by atoms with E-state index in [-0.39, 0.29) is 22.3 Å². The van der Waals surface area contributed by atoms with Crippen LogP contribution in [0.1, 0.15) is 35.1 Å². The van der Waals surface area contributed by atoms with E-state index in [1.165, 1.54) is 0 Å². The molecule has 3 atom stereocenters. The molecule has 3 aromatic carbocycles. The van der Waals surface area contributed by atoms with Crippen molar-refractivity contribution in [2.75, 3.05) is 10.6 Å². The van der Waals surface area contributed by atoms with Crippen LogP contribution in [0.15, 0.2) is 78.5 Å². The van der Waals surface area contributed by atoms with Gasteiger partial charge in [-0.25, -0.2) is 0 Å². The highest BCUT2D eigenvalue weighted by Gasteiger charge is 2.40. The Morgan fingerprint density at radius 1 is 1.00 bits per heavy atom. The second-order valence-electron chi connectivity index (χ2n) is 8.52. The molecular weight excluding hydrogens is 438 g/mol. The number of carbonyl (C=O) groups excluding carboxylic acids is 1. The Kier molecular flexibility index (Phi) is 5.38. The molecule has 0 radical (unpaired) electrons. The molecule has 1 heterocycles. The lowest BCUT2D eigenvalue weighted by molar-refractivity contribution is -0.385. The van der Waals surface area contributed by atoms with Gasteiger partial charge in [-0.15, -0.1) is 0 Å². The van der Waals surface area contributed by atoms with Crippen molar-refractivity contribution in [2.24, 2.45) is 5.92 Å². The van der Waals surface area contributed by atoms with Gasteiger partial charge in [0.15, 0.2) is 0 Å². The highest BCUT2D eigenvalue weighted by Crippen LogP contribution is 2.45. The Balaban J connectivity index is 1.63. The van der Waals surface area contributed by atoms with E-state index in [2.05, 4.69) is 16.7 Å². The number of benzene rings is 3. The Morgan fingerprint density at radius 2 is 1.70 bits per heavy atom. The summed E-state index contributed by atoms with van der Waals surface area (Å²) in [6.45, 7) is 1.72. The quantitative estimate of drug-likeness (QED) is 0.350. The van der Waals surface area contributed by atoms with Crippen molar-refractivity contribution in [1.82, 2.24) is 0 Å². The van der Waals surface area contributed by atoms with Crippen LogP contribution in [0.3, 0.4) is 0 Å². The number of nitrogens with zero attached hydrogens (tertiary/aromatic N) is 1. The van der Waals surface area contributed by atoms with Gasteiger partial charge in [0.2, 0.25) is 0 Å². The van der Waals surface area contributed by atoms with E-state index in [4.69, 9.17) is 11.6 Å². The predicted molar refractivity (Wildman–Crippen MR) is 130 cm³/mol. The van der Waals surface area contributed by atoms with E-state index in [0.717, 1.165) is 22.6 Å². The fourth-order valence-electron chi connectivity index (χ4n) is 4.72. The van der Waals surface area contributed by atoms with Gasteiger partial charge in [-0.05, 0) is 42.3 Å². The molecule has 0 spiro atoms. The first-order valence-electron chi connectivity index (χ1n) is 10.8. The third kappa shape index (κ3) is 3.98. The molecule has 0 saturated heterocycles. The third-order valence-corrected chi connectivity index (χ3v) is 6.67. The number of halogens is 1. The summed E-state index contributed by atoms with van der Waals surface area (Å²) in [7, 11) is 0. The van der Waals surface area contributed by atoms with Crippen molar-refractivity contribution in [2.45, 2.75) is 25.3 Å². The molecule has 7 heteroatoms. The molecule has 1 aliphatic carbocycles. The SMILES string of the molecule is Cc1ccc(C2Nc3ccccc3NC3=CC(c4ccc(Cl)cc4)CC(=O)C32)cc1[N+](=O)[O-]. The minimum atomic E-state index is -0.497. The Hall–Kier alpha value is -3.64. The smallest absolute Gasteiger partial charge is 0.272 e. The van der Waals surface area contributed by atoms with Crippen molar-refractivity contribution in [1.29, 1.82) is 0 Å². The van der Waals surface area contributed by atoms with Crippen molar-refractivity contribution < 1.29 is 9.72 Å². The third-order valence-electron chi connectivity index (χ3n) is 6.42. The van der Waals surface area contributed by atoms with Crippen molar-refractivity contribution in [3.05, 3.63) is 110 Å². The first kappa shape index (κ1) is 21.2. The minimum absolute atomic E-state index is 0.0487. The van der Waals surface area contributed by atoms with E-state index in [1.807, 2.05) is 54.6 Å². The molecule has 33 heavy (non-hydrogen) atoms. The number of hydrogen-bond donors (Lipinski definition) is 2. The summed E-state index contributed by atoms with van der Waals surface area (Å²) in [5, 5.41) is 19.2. The number of nitro benzene ring substituents is 1. The molecule has 0 aromatic heterocycles. The Labute approximate surface area is 196 Å². The largest absolute Gasteiger partial charge is 0.375 e. The van der Waals surface area contributed by atoms with Gasteiger partial charge < -0.3 is 10.6 Å². The number of hydrogen-bond acceptors (Lipinski definition) is 5. The van der Waals surface area contributed by atoms with Gasteiger partial charge in [0.05, 0.1) is 28.3 Å². The molecule has 0 saturated carbocycles. The second-order valence-corrected chi connectivity index (χ2v) is 8.96. The van der Waals surface area contributed by atoms with Crippen LogP contribution in [0.2, 0.25) is 5.02 Å². The summed E-state index contributed by atoms with van der Waals surface area (Å²) in [4.78, 5) is 24.8. The normalized spacial score (nSPS) is 21.6. The number of allylic oxidation sites excluding steroid dienone is 1. The van der Waals surface area contributed by atoms with E-state index in [1.54, 1.807) is 19.1 Å². The number of fused-ring (bicyclic) bond motifs is 2. The summed E-state index contributed by atoms with van der Waals surface area (Å²) in [5.74, 6) is -0.497. The monoisotopic (exact) mass is 459 g/mol. The predicted octanol–water partition coefficient (Wildman–Crippen LogP) is 6.39. The highest BCUT2D eigenvalue weighted by atomic mass is 35.5. The van der Waals surface area contributed by atoms with Crippen LogP contribution < -0.4 is 10.6 Å². The molecular formula is C26H22ClN3O3. The van der Waals surface area contributed by atoms with Gasteiger partial charge in [0, 0.05) is 34.7 Å². The lowest BCUT2D eigenvalue weighted by Crippen LogP contribution is -2.33. The zero-order valence-corrected chi connectivity index (χ0v) is 18.7. The van der Waals surface area contributed by atoms with Crippen LogP contribution >= 0.6 is 11.6 Å². The Bertz CT molecular complexity index is 1290. The van der Waals surface area contributed by atoms with Gasteiger partial charge in [-0.2, -0.15) is 0 Å². The van der Waals surface area contributed by atoms with E-state index < -0.39 is 12.0 Å². The number of nitrogens with one attached hydrogen (secondary N) is 2. The van der Waals surface area contributed by atoms with Crippen LogP contribution in [0, 0.1) is 23.0 Å². The standard InChI is InChI=1S/C26H22ClN3O3/c1-15-6-7-17(13-23(15)30(32)33)26-25-22(28-20-4-2-3-5-21(20)29-26)12-18(14-24(25)31)16-8-10-19(27)11-9-16/h2-13,18,25-26,28-29H,14H2,1H3. The molecule has 0 bridgehead atoms. The number of para-hydroxylation sites is 2. The molecule has 3 unspecified atom stereocenters. The number of rotatable bonds is 3. The zero-order valence-electron chi connectivity index (χ0n) is 17.9. The van der Waals surface area contributed by atoms with E-state index >= 15 is 0 Å². The number of anilines is 2. The fourth-order valence-corrected chi connectivity index (χ4v) is 4.85. The summed E-state index contributed by atoms with van der Waals surface area (Å²) >= 11 is 6.05. The molecule has 2 N–H and O–H groups in total. The van der Waals surface area contributed by atoms with Crippen LogP contribution in [0.4, 0.5) is 17.1 Å². The first-order chi connectivity index (χ1) is 15.9. The lowest BCUT2D eigenvalue weighted by atomic mass is 9.76. The molecule has 166 valence electrons. The summed E-state index contributed by atoms with van der Waals surface area (Å²) in [5.41, 5.74) is 4.88.